The predicted molar refractivity (Wildman–Crippen MR) is 74.7 cm³/mol. The minimum atomic E-state index is -0.383. The van der Waals surface area contributed by atoms with Gasteiger partial charge in [-0.2, -0.15) is 0 Å². The van der Waals surface area contributed by atoms with Crippen LogP contribution in [0.3, 0.4) is 0 Å². The molecule has 0 aromatic heterocycles. The molecular formula is C14H20N2O3. The van der Waals surface area contributed by atoms with Crippen LogP contribution in [-0.2, 0) is 0 Å². The van der Waals surface area contributed by atoms with Crippen LogP contribution in [-0.4, -0.2) is 17.6 Å². The van der Waals surface area contributed by atoms with Crippen molar-refractivity contribution in [3.05, 3.63) is 28.3 Å². The lowest BCUT2D eigenvalue weighted by Crippen LogP contribution is -2.17. The van der Waals surface area contributed by atoms with Crippen LogP contribution in [0.15, 0.2) is 18.2 Å². The minimum absolute atomic E-state index is 0.0686. The van der Waals surface area contributed by atoms with E-state index in [1.54, 1.807) is 6.07 Å². The van der Waals surface area contributed by atoms with Crippen molar-refractivity contribution in [1.29, 1.82) is 0 Å². The highest BCUT2D eigenvalue weighted by Gasteiger charge is 2.28. The van der Waals surface area contributed by atoms with Crippen molar-refractivity contribution >= 4 is 11.4 Å². The largest absolute Gasteiger partial charge is 0.493 e. The molecule has 1 unspecified atom stereocenters. The summed E-state index contributed by atoms with van der Waals surface area (Å²) < 4.78 is 5.50. The van der Waals surface area contributed by atoms with Crippen LogP contribution in [0.25, 0.3) is 0 Å². The van der Waals surface area contributed by atoms with Crippen LogP contribution in [0, 0.1) is 16.0 Å². The Hall–Kier alpha value is -1.78. The average Bonchev–Trinajstić information content (AvgIpc) is 3.20. The number of nitro benzene ring substituents is 1. The van der Waals surface area contributed by atoms with Gasteiger partial charge in [-0.15, -0.1) is 0 Å². The van der Waals surface area contributed by atoms with Crippen LogP contribution < -0.4 is 10.1 Å². The fourth-order valence-corrected chi connectivity index (χ4v) is 2.05. The molecule has 0 heterocycles. The van der Waals surface area contributed by atoms with E-state index < -0.39 is 0 Å². The molecule has 1 atom stereocenters. The van der Waals surface area contributed by atoms with E-state index in [1.807, 2.05) is 13.0 Å². The van der Waals surface area contributed by atoms with Gasteiger partial charge in [0.05, 0.1) is 17.6 Å². The van der Waals surface area contributed by atoms with E-state index in [0.29, 0.717) is 24.3 Å². The Labute approximate surface area is 113 Å². The number of hydrogen-bond donors (Lipinski definition) is 1. The normalized spacial score (nSPS) is 15.9. The number of hydrogen-bond acceptors (Lipinski definition) is 4. The van der Waals surface area contributed by atoms with Crippen molar-refractivity contribution in [3.63, 3.8) is 0 Å². The van der Waals surface area contributed by atoms with Gasteiger partial charge in [-0.25, -0.2) is 0 Å². The number of nitrogens with one attached hydrogen (secondary N) is 1. The van der Waals surface area contributed by atoms with Crippen molar-refractivity contribution in [3.8, 4) is 5.75 Å². The molecule has 0 bridgehead atoms. The highest BCUT2D eigenvalue weighted by atomic mass is 16.6. The Bertz CT molecular complexity index is 458. The Balaban J connectivity index is 2.15. The predicted octanol–water partition coefficient (Wildman–Crippen LogP) is 3.59. The van der Waals surface area contributed by atoms with E-state index in [1.165, 1.54) is 18.9 Å². The number of benzene rings is 1. The minimum Gasteiger partial charge on any atom is -0.493 e. The first kappa shape index (κ1) is 13.6. The molecule has 1 aliphatic carbocycles. The van der Waals surface area contributed by atoms with Gasteiger partial charge < -0.3 is 10.1 Å². The Kier molecular flexibility index (Phi) is 4.24. The monoisotopic (exact) mass is 264 g/mol. The molecule has 1 N–H and O–H groups in total. The molecule has 1 aliphatic rings. The van der Waals surface area contributed by atoms with Crippen LogP contribution in [0.1, 0.15) is 33.1 Å². The molecule has 1 aromatic rings. The fraction of sp³-hybridized carbons (Fsp3) is 0.571. The molecule has 1 saturated carbocycles. The topological polar surface area (TPSA) is 64.4 Å². The average molecular weight is 264 g/mol. The molecule has 0 amide bonds. The highest BCUT2D eigenvalue weighted by molar-refractivity contribution is 5.56. The third-order valence-electron chi connectivity index (χ3n) is 3.30. The van der Waals surface area contributed by atoms with Gasteiger partial charge in [0.2, 0.25) is 0 Å². The molecule has 1 fully saturated rings. The summed E-state index contributed by atoms with van der Waals surface area (Å²) in [7, 11) is 0. The van der Waals surface area contributed by atoms with E-state index in [9.17, 15) is 10.1 Å². The quantitative estimate of drug-likeness (QED) is 0.603. The Morgan fingerprint density at radius 3 is 2.79 bits per heavy atom. The molecule has 5 nitrogen and oxygen atoms in total. The summed E-state index contributed by atoms with van der Waals surface area (Å²) >= 11 is 0. The summed E-state index contributed by atoms with van der Waals surface area (Å²) in [5, 5.41) is 14.3. The number of non-ortho nitro benzene ring substituents is 1. The fourth-order valence-electron chi connectivity index (χ4n) is 2.05. The van der Waals surface area contributed by atoms with Gasteiger partial charge in [-0.05, 0) is 32.1 Å². The number of nitrogens with zero attached hydrogens (tertiary/aromatic N) is 1. The van der Waals surface area contributed by atoms with Crippen LogP contribution in [0.5, 0.6) is 5.75 Å². The standard InChI is InChI=1S/C14H20N2O3/c1-3-6-19-14-8-12(7-13(9-14)16(17)18)15-10(2)11-4-5-11/h7-11,15H,3-6H2,1-2H3. The van der Waals surface area contributed by atoms with Crippen molar-refractivity contribution in [1.82, 2.24) is 0 Å². The molecular weight excluding hydrogens is 244 g/mol. The van der Waals surface area contributed by atoms with Crippen molar-refractivity contribution in [2.24, 2.45) is 5.92 Å². The Morgan fingerprint density at radius 2 is 2.21 bits per heavy atom. The van der Waals surface area contributed by atoms with Crippen LogP contribution in [0.4, 0.5) is 11.4 Å². The summed E-state index contributed by atoms with van der Waals surface area (Å²) in [4.78, 5) is 10.6. The lowest BCUT2D eigenvalue weighted by atomic mass is 10.2. The van der Waals surface area contributed by atoms with Crippen LogP contribution >= 0.6 is 0 Å². The van der Waals surface area contributed by atoms with E-state index >= 15 is 0 Å². The molecule has 0 radical (unpaired) electrons. The zero-order chi connectivity index (χ0) is 13.8. The summed E-state index contributed by atoms with van der Waals surface area (Å²) in [5.74, 6) is 1.25. The Morgan fingerprint density at radius 1 is 1.47 bits per heavy atom. The molecule has 19 heavy (non-hydrogen) atoms. The summed E-state index contributed by atoms with van der Waals surface area (Å²) in [5.41, 5.74) is 0.832. The molecule has 0 spiro atoms. The maximum absolute atomic E-state index is 10.9. The third kappa shape index (κ3) is 3.84. The molecule has 1 aromatic carbocycles. The summed E-state index contributed by atoms with van der Waals surface area (Å²) in [6.07, 6.45) is 3.36. The second-order valence-electron chi connectivity index (χ2n) is 5.09. The SMILES string of the molecule is CCCOc1cc(NC(C)C2CC2)cc([N+](=O)[O-])c1. The van der Waals surface area contributed by atoms with Gasteiger partial charge in [-0.3, -0.25) is 10.1 Å². The van der Waals surface area contributed by atoms with Crippen molar-refractivity contribution < 1.29 is 9.66 Å². The third-order valence-corrected chi connectivity index (χ3v) is 3.30. The van der Waals surface area contributed by atoms with E-state index in [4.69, 9.17) is 4.74 Å². The highest BCUT2D eigenvalue weighted by Crippen LogP contribution is 2.35. The lowest BCUT2D eigenvalue weighted by molar-refractivity contribution is -0.384. The second kappa shape index (κ2) is 5.91. The smallest absolute Gasteiger partial charge is 0.275 e. The zero-order valence-electron chi connectivity index (χ0n) is 11.4. The number of nitro groups is 1. The van der Waals surface area contributed by atoms with Crippen molar-refractivity contribution in [2.45, 2.75) is 39.2 Å². The first-order chi connectivity index (χ1) is 9.10. The summed E-state index contributed by atoms with van der Waals surface area (Å²) in [6, 6.07) is 5.23. The van der Waals surface area contributed by atoms with E-state index in [-0.39, 0.29) is 10.6 Å². The van der Waals surface area contributed by atoms with E-state index in [2.05, 4.69) is 12.2 Å². The van der Waals surface area contributed by atoms with Gasteiger partial charge in [0.15, 0.2) is 0 Å². The summed E-state index contributed by atoms with van der Waals surface area (Å²) in [6.45, 7) is 4.69. The van der Waals surface area contributed by atoms with Gasteiger partial charge in [0.25, 0.3) is 5.69 Å². The molecule has 104 valence electrons. The van der Waals surface area contributed by atoms with Gasteiger partial charge in [0, 0.05) is 23.9 Å². The maximum Gasteiger partial charge on any atom is 0.275 e. The number of ether oxygens (including phenoxy) is 1. The van der Waals surface area contributed by atoms with Gasteiger partial charge in [-0.1, -0.05) is 6.92 Å². The number of rotatable bonds is 7. The molecule has 5 heteroatoms. The van der Waals surface area contributed by atoms with Crippen LogP contribution in [0.2, 0.25) is 0 Å². The molecule has 2 rings (SSSR count). The first-order valence-electron chi connectivity index (χ1n) is 6.79. The lowest BCUT2D eigenvalue weighted by Gasteiger charge is -2.15. The zero-order valence-corrected chi connectivity index (χ0v) is 11.4. The first-order valence-corrected chi connectivity index (χ1v) is 6.79. The maximum atomic E-state index is 10.9. The van der Waals surface area contributed by atoms with E-state index in [0.717, 1.165) is 12.1 Å². The number of anilines is 1. The molecule has 0 saturated heterocycles. The second-order valence-corrected chi connectivity index (χ2v) is 5.09. The van der Waals surface area contributed by atoms with Gasteiger partial charge >= 0.3 is 0 Å². The van der Waals surface area contributed by atoms with Crippen molar-refractivity contribution in [2.75, 3.05) is 11.9 Å². The van der Waals surface area contributed by atoms with Gasteiger partial charge in [0.1, 0.15) is 5.75 Å². The molecule has 0 aliphatic heterocycles.